The largest absolute Gasteiger partial charge is 0.311 e. The molecule has 0 saturated heterocycles. The van der Waals surface area contributed by atoms with Crippen LogP contribution in [0.3, 0.4) is 0 Å². The fourth-order valence-corrected chi connectivity index (χ4v) is 9.19. The van der Waals surface area contributed by atoms with Gasteiger partial charge in [-0.05, 0) is 124 Å². The Labute approximate surface area is 265 Å². The second-order valence-electron chi connectivity index (χ2n) is 13.4. The molecule has 2 heterocycles. The minimum Gasteiger partial charge on any atom is -0.311 e. The molecule has 2 heteroatoms. The van der Waals surface area contributed by atoms with Crippen molar-refractivity contribution in [1.29, 1.82) is 0 Å². The van der Waals surface area contributed by atoms with Crippen LogP contribution in [0.2, 0.25) is 0 Å². The van der Waals surface area contributed by atoms with Gasteiger partial charge in [-0.15, -0.1) is 0 Å². The van der Waals surface area contributed by atoms with Crippen LogP contribution in [-0.4, -0.2) is 6.71 Å². The van der Waals surface area contributed by atoms with Gasteiger partial charge in [0.05, 0.1) is 0 Å². The van der Waals surface area contributed by atoms with Crippen LogP contribution in [0.25, 0.3) is 28.3 Å². The van der Waals surface area contributed by atoms with Crippen LogP contribution in [0.1, 0.15) is 39.3 Å². The Morgan fingerprint density at radius 3 is 2.44 bits per heavy atom. The molecule has 1 nitrogen and oxygen atoms in total. The summed E-state index contributed by atoms with van der Waals surface area (Å²) in [6.45, 7) is 6.91. The summed E-state index contributed by atoms with van der Waals surface area (Å²) in [6, 6.07) is 32.8. The lowest BCUT2D eigenvalue weighted by Gasteiger charge is -2.38. The van der Waals surface area contributed by atoms with Crippen LogP contribution in [0.15, 0.2) is 126 Å². The lowest BCUT2D eigenvalue weighted by molar-refractivity contribution is 0.892. The molecule has 5 aliphatic rings. The van der Waals surface area contributed by atoms with Crippen molar-refractivity contribution in [2.75, 3.05) is 4.90 Å². The zero-order chi connectivity index (χ0) is 30.0. The minimum absolute atomic E-state index is 0.216. The molecular formula is C43H32BN. The molecule has 0 bridgehead atoms. The number of anilines is 3. The average molecular weight is 574 g/mol. The van der Waals surface area contributed by atoms with Gasteiger partial charge < -0.3 is 4.90 Å². The van der Waals surface area contributed by atoms with E-state index < -0.39 is 0 Å². The summed E-state index contributed by atoms with van der Waals surface area (Å²) in [6.07, 6.45) is 14.9. The van der Waals surface area contributed by atoms with Gasteiger partial charge in [-0.25, -0.2) is 0 Å². The first kappa shape index (κ1) is 25.3. The van der Waals surface area contributed by atoms with Gasteiger partial charge in [0.1, 0.15) is 0 Å². The molecule has 1 unspecified atom stereocenters. The predicted octanol–water partition coefficient (Wildman–Crippen LogP) is 8.65. The van der Waals surface area contributed by atoms with Crippen LogP contribution >= 0.6 is 0 Å². The molecule has 0 N–H and O–H groups in total. The van der Waals surface area contributed by atoms with Gasteiger partial charge in [-0.2, -0.15) is 0 Å². The first-order valence-corrected chi connectivity index (χ1v) is 16.2. The molecule has 5 aromatic rings. The maximum atomic E-state index is 2.54. The average Bonchev–Trinajstić information content (AvgIpc) is 3.38. The number of allylic oxidation sites excluding steroid dienone is 7. The standard InChI is InChI=1S/C43H32BN/c1-25-20-26(2)40(27(3)21-25)32-18-19-34-35-10-7-13-39-43(35)44(37(34)24-32)36-11-4-5-12-38(36)45(39)33-22-30-16-14-28-8-6-9-29-15-17-31(23-33)42(30)41(28)29/h4-16,18-24,41H,17H2,1-3H3. The van der Waals surface area contributed by atoms with Gasteiger partial charge in [0.15, 0.2) is 0 Å². The van der Waals surface area contributed by atoms with Gasteiger partial charge in [0, 0.05) is 23.0 Å². The Bertz CT molecular complexity index is 2270. The van der Waals surface area contributed by atoms with E-state index in [0.717, 1.165) is 6.42 Å². The third-order valence-corrected chi connectivity index (χ3v) is 10.8. The first-order valence-electron chi connectivity index (χ1n) is 16.2. The summed E-state index contributed by atoms with van der Waals surface area (Å²) in [5.41, 5.74) is 24.7. The van der Waals surface area contributed by atoms with Gasteiger partial charge in [-0.3, -0.25) is 0 Å². The molecule has 0 saturated carbocycles. The summed E-state index contributed by atoms with van der Waals surface area (Å²) in [7, 11) is 0. The van der Waals surface area contributed by atoms with E-state index >= 15 is 0 Å². The Morgan fingerprint density at radius 2 is 1.56 bits per heavy atom. The fourth-order valence-electron chi connectivity index (χ4n) is 9.19. The number of rotatable bonds is 2. The topological polar surface area (TPSA) is 3.24 Å². The lowest BCUT2D eigenvalue weighted by atomic mass is 9.37. The van der Waals surface area contributed by atoms with E-state index in [1.807, 2.05) is 0 Å². The smallest absolute Gasteiger partial charge is 0.248 e. The van der Waals surface area contributed by atoms with Crippen molar-refractivity contribution in [2.24, 2.45) is 0 Å². The Balaban J connectivity index is 1.17. The normalized spacial score (nSPS) is 17.4. The van der Waals surface area contributed by atoms with Crippen LogP contribution in [0.4, 0.5) is 17.1 Å². The molecule has 0 fully saturated rings. The summed E-state index contributed by atoms with van der Waals surface area (Å²) in [4.78, 5) is 2.54. The number of benzene rings is 5. The van der Waals surface area contributed by atoms with E-state index in [1.54, 1.807) is 0 Å². The van der Waals surface area contributed by atoms with E-state index in [-0.39, 0.29) is 6.71 Å². The van der Waals surface area contributed by atoms with Crippen molar-refractivity contribution in [3.05, 3.63) is 160 Å². The maximum absolute atomic E-state index is 2.54. The number of para-hydroxylation sites is 1. The van der Waals surface area contributed by atoms with Crippen molar-refractivity contribution in [2.45, 2.75) is 33.1 Å². The molecule has 0 spiro atoms. The molecule has 3 aliphatic carbocycles. The summed E-state index contributed by atoms with van der Waals surface area (Å²) < 4.78 is 0. The lowest BCUT2D eigenvalue weighted by Crippen LogP contribution is -2.54. The highest BCUT2D eigenvalue weighted by molar-refractivity contribution is 7.01. The SMILES string of the molecule is Cc1cc(C)c(-c2ccc3c(c2)B2c4ccccc4N(c4cc5c6c(c4)CC=C4C=CC=C(C=C5)C46)c4cccc-3c42)c(C)c1. The molecule has 5 aromatic carbocycles. The molecule has 10 rings (SSSR count). The van der Waals surface area contributed by atoms with E-state index in [2.05, 4.69) is 147 Å². The predicted molar refractivity (Wildman–Crippen MR) is 192 cm³/mol. The Kier molecular flexibility index (Phi) is 5.05. The van der Waals surface area contributed by atoms with Gasteiger partial charge in [0.2, 0.25) is 6.71 Å². The molecule has 0 amide bonds. The Morgan fingerprint density at radius 1 is 0.711 bits per heavy atom. The van der Waals surface area contributed by atoms with E-state index in [4.69, 9.17) is 0 Å². The van der Waals surface area contributed by atoms with Crippen molar-refractivity contribution < 1.29 is 0 Å². The van der Waals surface area contributed by atoms with Crippen LogP contribution < -0.4 is 21.3 Å². The molecule has 1 atom stereocenters. The summed E-state index contributed by atoms with van der Waals surface area (Å²) >= 11 is 0. The molecule has 45 heavy (non-hydrogen) atoms. The van der Waals surface area contributed by atoms with Crippen LogP contribution in [0, 0.1) is 20.8 Å². The van der Waals surface area contributed by atoms with Crippen molar-refractivity contribution in [3.8, 4) is 22.3 Å². The maximum Gasteiger partial charge on any atom is 0.248 e. The van der Waals surface area contributed by atoms with Gasteiger partial charge in [-0.1, -0.05) is 108 Å². The summed E-state index contributed by atoms with van der Waals surface area (Å²) in [5.74, 6) is 0.372. The van der Waals surface area contributed by atoms with E-state index in [0.29, 0.717) is 5.92 Å². The number of aryl methyl sites for hydroxylation is 3. The third kappa shape index (κ3) is 3.40. The van der Waals surface area contributed by atoms with Crippen molar-refractivity contribution in [3.63, 3.8) is 0 Å². The second-order valence-corrected chi connectivity index (χ2v) is 13.4. The first-order chi connectivity index (χ1) is 22.0. The quantitative estimate of drug-likeness (QED) is 0.187. The highest BCUT2D eigenvalue weighted by Crippen LogP contribution is 2.49. The highest BCUT2D eigenvalue weighted by atomic mass is 15.2. The van der Waals surface area contributed by atoms with E-state index in [1.165, 1.54) is 100 Å². The number of hydrogen-bond acceptors (Lipinski definition) is 1. The third-order valence-electron chi connectivity index (χ3n) is 10.8. The van der Waals surface area contributed by atoms with Crippen LogP contribution in [0.5, 0.6) is 0 Å². The summed E-state index contributed by atoms with van der Waals surface area (Å²) in [5, 5.41) is 0. The number of fused-ring (bicyclic) bond motifs is 5. The van der Waals surface area contributed by atoms with Gasteiger partial charge in [0.25, 0.3) is 0 Å². The van der Waals surface area contributed by atoms with Crippen molar-refractivity contribution in [1.82, 2.24) is 0 Å². The minimum atomic E-state index is 0.216. The highest BCUT2D eigenvalue weighted by Gasteiger charge is 2.42. The second kappa shape index (κ2) is 8.99. The van der Waals surface area contributed by atoms with Crippen LogP contribution in [-0.2, 0) is 6.42 Å². The number of hydrogen-bond donors (Lipinski definition) is 0. The zero-order valence-electron chi connectivity index (χ0n) is 25.9. The molecule has 2 aliphatic heterocycles. The van der Waals surface area contributed by atoms with Crippen molar-refractivity contribution >= 4 is 46.2 Å². The zero-order valence-corrected chi connectivity index (χ0v) is 25.9. The molecule has 0 aromatic heterocycles. The van der Waals surface area contributed by atoms with Gasteiger partial charge >= 0.3 is 0 Å². The fraction of sp³-hybridized carbons (Fsp3) is 0.116. The molecular weight excluding hydrogens is 541 g/mol. The van der Waals surface area contributed by atoms with E-state index in [9.17, 15) is 0 Å². The number of nitrogens with zero attached hydrogens (tertiary/aromatic N) is 1. The Hall–Kier alpha value is -5.08. The molecule has 0 radical (unpaired) electrons. The molecule has 212 valence electrons. The monoisotopic (exact) mass is 573 g/mol.